The van der Waals surface area contributed by atoms with Gasteiger partial charge in [-0.15, -0.1) is 5.39 Å². The van der Waals surface area contributed by atoms with Gasteiger partial charge < -0.3 is 5.21 Å². The summed E-state index contributed by atoms with van der Waals surface area (Å²) < 4.78 is 0. The smallest absolute Gasteiger partial charge is 0.0599 e. The van der Waals surface area contributed by atoms with Crippen LogP contribution in [-0.2, 0) is 14.6 Å². The van der Waals surface area contributed by atoms with Crippen molar-refractivity contribution in [2.24, 2.45) is 0 Å². The summed E-state index contributed by atoms with van der Waals surface area (Å²) in [5, 5.41) is 9.75. The van der Waals surface area contributed by atoms with E-state index in [1.807, 2.05) is 0 Å². The number of nitrogens with zero attached hydrogens (tertiary/aromatic N) is 1. The topological polar surface area (TPSA) is 66.0 Å². The fraction of sp³-hybridized carbons (Fsp3) is 1.00. The Labute approximate surface area is 46.3 Å². The molecule has 1 N–H and O–H groups in total. The van der Waals surface area contributed by atoms with Gasteiger partial charge in [-0.1, -0.05) is 5.64 Å². The predicted molar refractivity (Wildman–Crippen MR) is 23.4 cm³/mol. The van der Waals surface area contributed by atoms with Crippen LogP contribution in [0, 0.1) is 5.21 Å². The molecule has 0 aromatic rings. The lowest BCUT2D eigenvalue weighted by Gasteiger charge is -2.20. The molecule has 0 bridgehead atoms. The molecule has 0 saturated heterocycles. The number of nitrogens with one attached hydrogen (secondary N) is 1. The average molecular weight is 123 g/mol. The summed E-state index contributed by atoms with van der Waals surface area (Å²) in [6.07, 6.45) is 0. The molecule has 50 valence electrons. The molecule has 0 unspecified atom stereocenters. The molecule has 0 aromatic carbocycles. The molecule has 0 amide bonds. The SMILES string of the molecule is CONON([O-])OC. The molecule has 0 fully saturated rings. The van der Waals surface area contributed by atoms with Crippen molar-refractivity contribution in [1.82, 2.24) is 11.0 Å². The standard InChI is InChI=1S/C2H7N2O4/c1-6-3-8-4(5)7-2/h3H,1-2H3/q-1. The van der Waals surface area contributed by atoms with E-state index < -0.39 is 0 Å². The van der Waals surface area contributed by atoms with Crippen molar-refractivity contribution < 1.29 is 14.6 Å². The molecule has 6 heteroatoms. The van der Waals surface area contributed by atoms with Crippen molar-refractivity contribution in [3.63, 3.8) is 0 Å². The summed E-state index contributed by atoms with van der Waals surface area (Å²) in [6.45, 7) is 0. The van der Waals surface area contributed by atoms with E-state index in [1.165, 1.54) is 7.11 Å². The highest BCUT2D eigenvalue weighted by Crippen LogP contribution is 1.78. The molecule has 0 aliphatic rings. The second-order valence-electron chi connectivity index (χ2n) is 0.785. The van der Waals surface area contributed by atoms with E-state index in [2.05, 4.69) is 14.6 Å². The van der Waals surface area contributed by atoms with E-state index in [9.17, 15) is 5.21 Å². The summed E-state index contributed by atoms with van der Waals surface area (Å²) in [6, 6.07) is 0. The number of hydrogen-bond donors (Lipinski definition) is 1. The minimum Gasteiger partial charge on any atom is -0.736 e. The molecule has 0 atom stereocenters. The van der Waals surface area contributed by atoms with E-state index in [-0.39, 0.29) is 5.39 Å². The summed E-state index contributed by atoms with van der Waals surface area (Å²) in [5.74, 6) is 0. The van der Waals surface area contributed by atoms with Crippen molar-refractivity contribution in [1.29, 1.82) is 0 Å². The van der Waals surface area contributed by atoms with Gasteiger partial charge in [0.15, 0.2) is 0 Å². The highest BCUT2D eigenvalue weighted by molar-refractivity contribution is 4.09. The van der Waals surface area contributed by atoms with Crippen molar-refractivity contribution in [2.45, 2.75) is 0 Å². The van der Waals surface area contributed by atoms with Crippen molar-refractivity contribution in [3.8, 4) is 0 Å². The first kappa shape index (κ1) is 7.76. The van der Waals surface area contributed by atoms with Crippen LogP contribution in [0.4, 0.5) is 0 Å². The molecule has 6 nitrogen and oxygen atoms in total. The van der Waals surface area contributed by atoms with E-state index in [0.29, 0.717) is 0 Å². The minimum absolute atomic E-state index is 0.149. The van der Waals surface area contributed by atoms with Crippen LogP contribution in [0.1, 0.15) is 0 Å². The van der Waals surface area contributed by atoms with E-state index in [4.69, 9.17) is 0 Å². The van der Waals surface area contributed by atoms with Gasteiger partial charge >= 0.3 is 0 Å². The van der Waals surface area contributed by atoms with Gasteiger partial charge in [-0.2, -0.15) is 4.94 Å². The third-order valence-corrected chi connectivity index (χ3v) is 0.344. The lowest BCUT2D eigenvalue weighted by Crippen LogP contribution is -2.24. The monoisotopic (exact) mass is 123 g/mol. The van der Waals surface area contributed by atoms with Gasteiger partial charge in [0.2, 0.25) is 0 Å². The van der Waals surface area contributed by atoms with Gasteiger partial charge in [-0.05, 0) is 0 Å². The van der Waals surface area contributed by atoms with Crippen LogP contribution in [0.5, 0.6) is 0 Å². The van der Waals surface area contributed by atoms with Crippen LogP contribution in [-0.4, -0.2) is 19.6 Å². The first-order chi connectivity index (χ1) is 3.81. The zero-order chi connectivity index (χ0) is 6.41. The van der Waals surface area contributed by atoms with Gasteiger partial charge in [0.25, 0.3) is 0 Å². The third-order valence-electron chi connectivity index (χ3n) is 0.344. The highest BCUT2D eigenvalue weighted by atomic mass is 17.2. The van der Waals surface area contributed by atoms with Crippen molar-refractivity contribution in [3.05, 3.63) is 5.21 Å². The molecule has 0 aliphatic carbocycles. The van der Waals surface area contributed by atoms with Gasteiger partial charge in [0.1, 0.15) is 0 Å². The van der Waals surface area contributed by atoms with Crippen LogP contribution in [0.15, 0.2) is 0 Å². The maximum atomic E-state index is 9.90. The first-order valence-corrected chi connectivity index (χ1v) is 1.77. The predicted octanol–water partition coefficient (Wildman–Crippen LogP) is -0.655. The molecule has 0 saturated carbocycles. The van der Waals surface area contributed by atoms with Gasteiger partial charge in [-0.25, -0.2) is 0 Å². The summed E-state index contributed by atoms with van der Waals surface area (Å²) in [5.41, 5.74) is 1.79. The lowest BCUT2D eigenvalue weighted by atomic mass is 11.7. The van der Waals surface area contributed by atoms with Gasteiger partial charge in [0.05, 0.1) is 14.2 Å². The Morgan fingerprint density at radius 1 is 1.50 bits per heavy atom. The molecule has 0 aliphatic heterocycles. The second kappa shape index (κ2) is 4.91. The van der Waals surface area contributed by atoms with E-state index >= 15 is 0 Å². The Balaban J connectivity index is 2.86. The Morgan fingerprint density at radius 3 is 2.50 bits per heavy atom. The largest absolute Gasteiger partial charge is 0.736 e. The van der Waals surface area contributed by atoms with E-state index in [1.54, 1.807) is 5.64 Å². The lowest BCUT2D eigenvalue weighted by molar-refractivity contribution is -0.397. The Bertz CT molecular complexity index is 51.3. The maximum absolute atomic E-state index is 9.90. The molecule has 0 spiro atoms. The van der Waals surface area contributed by atoms with Gasteiger partial charge in [-0.3, -0.25) is 9.68 Å². The van der Waals surface area contributed by atoms with Crippen LogP contribution >= 0.6 is 0 Å². The van der Waals surface area contributed by atoms with Crippen LogP contribution in [0.25, 0.3) is 0 Å². The molecule has 0 radical (unpaired) electrons. The fourth-order valence-electron chi connectivity index (χ4n) is 0.105. The second-order valence-corrected chi connectivity index (χ2v) is 0.785. The zero-order valence-corrected chi connectivity index (χ0v) is 4.58. The first-order valence-electron chi connectivity index (χ1n) is 1.77. The molecule has 0 heterocycles. The Hall–Kier alpha value is -0.240. The quantitative estimate of drug-likeness (QED) is 0.501. The molecule has 8 heavy (non-hydrogen) atoms. The molecular formula is C2H7N2O4-. The van der Waals surface area contributed by atoms with Gasteiger partial charge in [0, 0.05) is 0 Å². The zero-order valence-electron chi connectivity index (χ0n) is 4.58. The third kappa shape index (κ3) is 3.93. The highest BCUT2D eigenvalue weighted by Gasteiger charge is 1.81. The molecular weight excluding hydrogens is 116 g/mol. The average Bonchev–Trinajstić information content (AvgIpc) is 1.83. The van der Waals surface area contributed by atoms with Crippen molar-refractivity contribution >= 4 is 0 Å². The van der Waals surface area contributed by atoms with Crippen LogP contribution in [0.2, 0.25) is 0 Å². The summed E-state index contributed by atoms with van der Waals surface area (Å²) in [7, 11) is 2.45. The summed E-state index contributed by atoms with van der Waals surface area (Å²) in [4.78, 5) is 12.0. The summed E-state index contributed by atoms with van der Waals surface area (Å²) >= 11 is 0. The Morgan fingerprint density at radius 2 is 2.12 bits per heavy atom. The van der Waals surface area contributed by atoms with Crippen molar-refractivity contribution in [2.75, 3.05) is 14.2 Å². The van der Waals surface area contributed by atoms with E-state index in [0.717, 1.165) is 7.11 Å². The number of hydrogen-bond acceptors (Lipinski definition) is 6. The normalized spacial score (nSPS) is 10.5. The van der Waals surface area contributed by atoms with Crippen LogP contribution in [0.3, 0.4) is 0 Å². The maximum Gasteiger partial charge on any atom is 0.0599 e. The Kier molecular flexibility index (Phi) is 4.76. The fourth-order valence-corrected chi connectivity index (χ4v) is 0.105. The van der Waals surface area contributed by atoms with Crippen LogP contribution < -0.4 is 5.64 Å². The molecule has 0 aromatic heterocycles. The minimum atomic E-state index is -0.149. The molecule has 0 rings (SSSR count). The number of rotatable bonds is 4.